The largest absolute Gasteiger partial charge is 0.0622 e. The molecule has 0 heteroatoms. The van der Waals surface area contributed by atoms with Crippen LogP contribution in [0.25, 0.3) is 121 Å². The van der Waals surface area contributed by atoms with Gasteiger partial charge in [0, 0.05) is 5.41 Å². The third-order valence-electron chi connectivity index (χ3n) is 14.6. The van der Waals surface area contributed by atoms with E-state index >= 15 is 0 Å². The van der Waals surface area contributed by atoms with Gasteiger partial charge in [-0.25, -0.2) is 0 Å². The Hall–Kier alpha value is -8.32. The van der Waals surface area contributed by atoms with E-state index < -0.39 is 0 Å². The monoisotopic (exact) mass is 850 g/mol. The van der Waals surface area contributed by atoms with E-state index in [1.54, 1.807) is 0 Å². The van der Waals surface area contributed by atoms with Gasteiger partial charge in [0.1, 0.15) is 0 Å². The Balaban J connectivity index is 1.04. The summed E-state index contributed by atoms with van der Waals surface area (Å²) < 4.78 is 0. The van der Waals surface area contributed by atoms with Crippen LogP contribution in [0.3, 0.4) is 0 Å². The van der Waals surface area contributed by atoms with E-state index in [1.807, 2.05) is 0 Å². The van der Waals surface area contributed by atoms with Gasteiger partial charge < -0.3 is 0 Å². The highest BCUT2D eigenvalue weighted by Crippen LogP contribution is 2.55. The Kier molecular flexibility index (Phi) is 8.98. The quantitative estimate of drug-likeness (QED) is 0.146. The van der Waals surface area contributed by atoms with E-state index in [-0.39, 0.29) is 5.41 Å². The van der Waals surface area contributed by atoms with Gasteiger partial charge in [-0.05, 0) is 144 Å². The van der Waals surface area contributed by atoms with Crippen molar-refractivity contribution < 1.29 is 0 Å². The Morgan fingerprint density at radius 1 is 0.224 bits per heavy atom. The summed E-state index contributed by atoms with van der Waals surface area (Å²) in [6, 6.07) is 90.2. The minimum Gasteiger partial charge on any atom is -0.0622 e. The lowest BCUT2D eigenvalue weighted by Gasteiger charge is -2.25. The van der Waals surface area contributed by atoms with E-state index in [0.717, 1.165) is 0 Å². The summed E-state index contributed by atoms with van der Waals surface area (Å²) >= 11 is 0. The molecule has 1 aliphatic rings. The molecule has 0 amide bonds. The summed E-state index contributed by atoms with van der Waals surface area (Å²) in [4.78, 5) is 0. The van der Waals surface area contributed by atoms with Crippen LogP contribution in [-0.4, -0.2) is 0 Å². The number of fused-ring (bicyclic) bond motifs is 7. The first-order valence-corrected chi connectivity index (χ1v) is 23.5. The standard InChI is InChI=1S/C67H46/c1-67(2)59-41-47(63-55-31-17-15-29-53(55)61(45-25-11-5-12-26-45)57-35-19-33-49(65(57)63)43-21-7-3-8-22-43)37-39-51(59)52-40-38-48(42-60(52)67)64-56-32-18-16-30-54(56)62(46-27-13-6-14-28-46)58-36-20-34-50(66(58)64)44-23-9-4-10-24-44/h3-42H,1-2H3. The lowest BCUT2D eigenvalue weighted by atomic mass is 9.78. The molecular weight excluding hydrogens is 805 g/mol. The smallest absolute Gasteiger partial charge is 0.0159 e. The average Bonchev–Trinajstić information content (AvgIpc) is 3.62. The van der Waals surface area contributed by atoms with Crippen molar-refractivity contribution in [3.63, 3.8) is 0 Å². The molecular formula is C67H46. The molecule has 0 saturated heterocycles. The molecule has 0 radical (unpaired) electrons. The van der Waals surface area contributed by atoms with E-state index in [0.29, 0.717) is 0 Å². The van der Waals surface area contributed by atoms with Crippen molar-refractivity contribution in [3.8, 4) is 77.9 Å². The second kappa shape index (κ2) is 15.4. The molecule has 0 heterocycles. The molecule has 13 rings (SSSR count). The van der Waals surface area contributed by atoms with Crippen molar-refractivity contribution in [1.82, 2.24) is 0 Å². The van der Waals surface area contributed by atoms with Crippen LogP contribution in [0.2, 0.25) is 0 Å². The van der Waals surface area contributed by atoms with Gasteiger partial charge in [-0.1, -0.05) is 244 Å². The molecule has 0 atom stereocenters. The Bertz CT molecular complexity index is 3640. The van der Waals surface area contributed by atoms with Crippen LogP contribution in [0.15, 0.2) is 243 Å². The average molecular weight is 851 g/mol. The topological polar surface area (TPSA) is 0 Å². The summed E-state index contributed by atoms with van der Waals surface area (Å²) in [5.41, 5.74) is 20.1. The second-order valence-electron chi connectivity index (χ2n) is 18.7. The highest BCUT2D eigenvalue weighted by molar-refractivity contribution is 6.26. The van der Waals surface area contributed by atoms with Crippen LogP contribution < -0.4 is 0 Å². The van der Waals surface area contributed by atoms with Gasteiger partial charge in [0.15, 0.2) is 0 Å². The zero-order valence-corrected chi connectivity index (χ0v) is 37.6. The summed E-state index contributed by atoms with van der Waals surface area (Å²) in [6.07, 6.45) is 0. The number of rotatable bonds is 6. The molecule has 0 aromatic heterocycles. The summed E-state index contributed by atoms with van der Waals surface area (Å²) in [7, 11) is 0. The molecule has 0 fully saturated rings. The molecule has 12 aromatic carbocycles. The fraction of sp³-hybridized carbons (Fsp3) is 0.0448. The Labute approximate surface area is 392 Å². The minimum atomic E-state index is -0.271. The van der Waals surface area contributed by atoms with E-state index in [2.05, 4.69) is 257 Å². The Morgan fingerprint density at radius 2 is 0.537 bits per heavy atom. The summed E-state index contributed by atoms with van der Waals surface area (Å²) in [5.74, 6) is 0. The van der Waals surface area contributed by atoms with Crippen LogP contribution in [0.4, 0.5) is 0 Å². The second-order valence-corrected chi connectivity index (χ2v) is 18.7. The lowest BCUT2D eigenvalue weighted by molar-refractivity contribution is 0.661. The first-order chi connectivity index (χ1) is 33.0. The molecule has 0 unspecified atom stereocenters. The van der Waals surface area contributed by atoms with Crippen LogP contribution in [0, 0.1) is 0 Å². The number of hydrogen-bond donors (Lipinski definition) is 0. The molecule has 0 spiro atoms. The van der Waals surface area contributed by atoms with Crippen LogP contribution in [0.1, 0.15) is 25.0 Å². The van der Waals surface area contributed by atoms with Gasteiger partial charge in [-0.2, -0.15) is 0 Å². The maximum Gasteiger partial charge on any atom is 0.0159 e. The van der Waals surface area contributed by atoms with Crippen molar-refractivity contribution in [3.05, 3.63) is 254 Å². The maximum atomic E-state index is 2.52. The molecule has 0 saturated carbocycles. The van der Waals surface area contributed by atoms with Gasteiger partial charge in [0.2, 0.25) is 0 Å². The predicted molar refractivity (Wildman–Crippen MR) is 287 cm³/mol. The zero-order valence-electron chi connectivity index (χ0n) is 37.6. The summed E-state index contributed by atoms with van der Waals surface area (Å²) in [6.45, 7) is 4.86. The highest BCUT2D eigenvalue weighted by Gasteiger charge is 2.37. The van der Waals surface area contributed by atoms with Gasteiger partial charge >= 0.3 is 0 Å². The molecule has 0 N–H and O–H groups in total. The molecule has 12 aromatic rings. The third-order valence-corrected chi connectivity index (χ3v) is 14.6. The maximum absolute atomic E-state index is 2.52. The summed E-state index contributed by atoms with van der Waals surface area (Å²) in [5, 5.41) is 10.2. The normalized spacial score (nSPS) is 12.7. The predicted octanol–water partition coefficient (Wildman–Crippen LogP) is 18.6. The molecule has 0 nitrogen and oxygen atoms in total. The first-order valence-electron chi connectivity index (χ1n) is 23.5. The van der Waals surface area contributed by atoms with Crippen molar-refractivity contribution in [2.45, 2.75) is 19.3 Å². The molecule has 0 bridgehead atoms. The van der Waals surface area contributed by atoms with Crippen molar-refractivity contribution in [1.29, 1.82) is 0 Å². The van der Waals surface area contributed by atoms with Crippen LogP contribution in [0.5, 0.6) is 0 Å². The molecule has 0 aliphatic heterocycles. The molecule has 314 valence electrons. The SMILES string of the molecule is CC1(C)c2cc(-c3c4ccccc4c(-c4ccccc4)c4cccc(-c5ccccc5)c34)ccc2-c2ccc(-c3c4ccccc4c(-c4ccccc4)c4cccc(-c5ccccc5)c34)cc21. The van der Waals surface area contributed by atoms with Gasteiger partial charge in [-0.3, -0.25) is 0 Å². The van der Waals surface area contributed by atoms with Gasteiger partial charge in [0.25, 0.3) is 0 Å². The number of benzene rings is 12. The van der Waals surface area contributed by atoms with Crippen molar-refractivity contribution in [2.75, 3.05) is 0 Å². The minimum absolute atomic E-state index is 0.271. The zero-order chi connectivity index (χ0) is 44.6. The van der Waals surface area contributed by atoms with Crippen molar-refractivity contribution >= 4 is 43.1 Å². The van der Waals surface area contributed by atoms with Gasteiger partial charge in [0.05, 0.1) is 0 Å². The van der Waals surface area contributed by atoms with E-state index in [4.69, 9.17) is 0 Å². The highest BCUT2D eigenvalue weighted by atomic mass is 14.4. The molecule has 1 aliphatic carbocycles. The fourth-order valence-electron chi connectivity index (χ4n) is 11.7. The van der Waals surface area contributed by atoms with Crippen LogP contribution >= 0.6 is 0 Å². The first kappa shape index (κ1) is 39.1. The third kappa shape index (κ3) is 6.07. The Morgan fingerprint density at radius 3 is 0.910 bits per heavy atom. The molecule has 67 heavy (non-hydrogen) atoms. The fourth-order valence-corrected chi connectivity index (χ4v) is 11.7. The number of hydrogen-bond acceptors (Lipinski definition) is 0. The van der Waals surface area contributed by atoms with Crippen molar-refractivity contribution in [2.24, 2.45) is 0 Å². The van der Waals surface area contributed by atoms with E-state index in [9.17, 15) is 0 Å². The van der Waals surface area contributed by atoms with Crippen LogP contribution in [-0.2, 0) is 5.41 Å². The van der Waals surface area contributed by atoms with Gasteiger partial charge in [-0.15, -0.1) is 0 Å². The lowest BCUT2D eigenvalue weighted by Crippen LogP contribution is -2.15. The van der Waals surface area contributed by atoms with E-state index in [1.165, 1.54) is 132 Å².